The Bertz CT molecular complexity index is 1740. The number of aryl methyl sites for hydroxylation is 1. The molecule has 0 unspecified atom stereocenters. The number of fused-ring (bicyclic) bond motifs is 1. The molecule has 1 saturated heterocycles. The zero-order valence-corrected chi connectivity index (χ0v) is 22.3. The fraction of sp³-hybridized carbons (Fsp3) is 0.267. The molecule has 0 saturated carbocycles. The highest BCUT2D eigenvalue weighted by Crippen LogP contribution is 2.29. The van der Waals surface area contributed by atoms with Gasteiger partial charge in [-0.15, -0.1) is 0 Å². The Balaban J connectivity index is 1.28. The molecule has 0 aliphatic carbocycles. The van der Waals surface area contributed by atoms with Crippen molar-refractivity contribution >= 4 is 17.0 Å². The first-order chi connectivity index (χ1) is 19.9. The van der Waals surface area contributed by atoms with Gasteiger partial charge in [0, 0.05) is 37.4 Å². The van der Waals surface area contributed by atoms with E-state index in [2.05, 4.69) is 15.1 Å². The number of pyridine rings is 1. The van der Waals surface area contributed by atoms with Crippen LogP contribution in [0.4, 0.5) is 8.78 Å². The summed E-state index contributed by atoms with van der Waals surface area (Å²) in [6.07, 6.45) is 2.50. The number of hydrogen-bond acceptors (Lipinski definition) is 6. The van der Waals surface area contributed by atoms with Crippen LogP contribution in [-0.4, -0.2) is 48.1 Å². The van der Waals surface area contributed by atoms with Crippen LogP contribution in [0.3, 0.4) is 0 Å². The van der Waals surface area contributed by atoms with E-state index in [-0.39, 0.29) is 47.4 Å². The molecule has 0 amide bonds. The number of carboxylic acids is 1. The highest BCUT2D eigenvalue weighted by Gasteiger charge is 2.23. The molecule has 41 heavy (non-hydrogen) atoms. The number of aromatic nitrogens is 5. The largest absolute Gasteiger partial charge is 0.478 e. The smallest absolute Gasteiger partial charge is 0.335 e. The van der Waals surface area contributed by atoms with E-state index in [1.54, 1.807) is 41.2 Å². The van der Waals surface area contributed by atoms with Crippen molar-refractivity contribution in [3.63, 3.8) is 0 Å². The van der Waals surface area contributed by atoms with Crippen molar-refractivity contribution in [1.82, 2.24) is 24.3 Å². The highest BCUT2D eigenvalue weighted by molar-refractivity contribution is 5.92. The minimum Gasteiger partial charge on any atom is -0.478 e. The van der Waals surface area contributed by atoms with E-state index in [0.717, 1.165) is 24.2 Å². The van der Waals surface area contributed by atoms with Crippen LogP contribution in [0, 0.1) is 11.6 Å². The first kappa shape index (κ1) is 26.6. The average Bonchev–Trinajstić information content (AvgIpc) is 3.54. The lowest BCUT2D eigenvalue weighted by Gasteiger charge is -2.27. The first-order valence-electron chi connectivity index (χ1n) is 13.3. The van der Waals surface area contributed by atoms with E-state index in [9.17, 15) is 9.90 Å². The lowest BCUT2D eigenvalue weighted by atomic mass is 10.0. The number of carboxylic acid groups (broad SMARTS) is 1. The van der Waals surface area contributed by atoms with Gasteiger partial charge in [0.1, 0.15) is 24.1 Å². The number of imidazole rings is 1. The van der Waals surface area contributed by atoms with E-state index in [4.69, 9.17) is 9.47 Å². The fourth-order valence-electron chi connectivity index (χ4n) is 4.93. The van der Waals surface area contributed by atoms with Crippen LogP contribution < -0.4 is 4.74 Å². The van der Waals surface area contributed by atoms with Crippen LogP contribution in [0.1, 0.15) is 40.8 Å². The van der Waals surface area contributed by atoms with E-state index in [1.165, 1.54) is 6.07 Å². The lowest BCUT2D eigenvalue weighted by Crippen LogP contribution is -2.31. The molecule has 11 heteroatoms. The Morgan fingerprint density at radius 2 is 1.98 bits per heavy atom. The third kappa shape index (κ3) is 5.40. The van der Waals surface area contributed by atoms with Crippen molar-refractivity contribution in [2.45, 2.75) is 45.6 Å². The minimum atomic E-state index is -1.06. The van der Waals surface area contributed by atoms with Gasteiger partial charge in [-0.2, -0.15) is 5.10 Å². The number of halogens is 2. The molecule has 210 valence electrons. The summed E-state index contributed by atoms with van der Waals surface area (Å²) >= 11 is 0. The third-order valence-electron chi connectivity index (χ3n) is 7.21. The van der Waals surface area contributed by atoms with E-state index in [1.807, 2.05) is 17.6 Å². The van der Waals surface area contributed by atoms with Gasteiger partial charge >= 0.3 is 5.97 Å². The maximum Gasteiger partial charge on any atom is 0.335 e. The zero-order chi connectivity index (χ0) is 28.5. The third-order valence-corrected chi connectivity index (χ3v) is 7.21. The Labute approximate surface area is 234 Å². The molecule has 0 radical (unpaired) electrons. The topological polar surface area (TPSA) is 104 Å². The maximum absolute atomic E-state index is 15.4. The molecule has 9 nitrogen and oxygen atoms in total. The predicted octanol–water partition coefficient (Wildman–Crippen LogP) is 5.25. The fourth-order valence-corrected chi connectivity index (χ4v) is 4.93. The molecule has 1 N–H and O–H groups in total. The maximum atomic E-state index is 15.4. The lowest BCUT2D eigenvalue weighted by molar-refractivity contribution is -0.0589. The van der Waals surface area contributed by atoms with Gasteiger partial charge in [-0.25, -0.2) is 23.5 Å². The number of hydrogen-bond donors (Lipinski definition) is 1. The van der Waals surface area contributed by atoms with Gasteiger partial charge in [-0.1, -0.05) is 6.07 Å². The summed E-state index contributed by atoms with van der Waals surface area (Å²) in [7, 11) is 0. The molecule has 1 aliphatic rings. The SMILES string of the molecule is CCn1nccc1COc1cccc(-c2cc(F)c(Cc3nc4ccc(C(=O)O)cc4n3C[C@@H]3CCO3)cc2F)n1. The molecule has 0 bridgehead atoms. The first-order valence-corrected chi connectivity index (χ1v) is 13.3. The van der Waals surface area contributed by atoms with Crippen LogP contribution in [0.2, 0.25) is 0 Å². The highest BCUT2D eigenvalue weighted by atomic mass is 19.1. The van der Waals surface area contributed by atoms with Crippen molar-refractivity contribution < 1.29 is 28.2 Å². The molecule has 1 fully saturated rings. The monoisotopic (exact) mass is 559 g/mol. The summed E-state index contributed by atoms with van der Waals surface area (Å²) in [5, 5.41) is 13.7. The minimum absolute atomic E-state index is 0.00846. The number of rotatable bonds is 10. The summed E-state index contributed by atoms with van der Waals surface area (Å²) in [4.78, 5) is 20.6. The normalized spacial score (nSPS) is 14.8. The van der Waals surface area contributed by atoms with Gasteiger partial charge in [0.2, 0.25) is 5.88 Å². The van der Waals surface area contributed by atoms with Crippen LogP contribution in [-0.2, 0) is 30.9 Å². The molecule has 3 aromatic heterocycles. The quantitative estimate of drug-likeness (QED) is 0.249. The van der Waals surface area contributed by atoms with Crippen molar-refractivity contribution in [3.05, 3.63) is 95.1 Å². The second-order valence-corrected chi connectivity index (χ2v) is 9.82. The Kier molecular flexibility index (Phi) is 7.19. The Morgan fingerprint density at radius 1 is 1.12 bits per heavy atom. The second-order valence-electron chi connectivity index (χ2n) is 9.82. The van der Waals surface area contributed by atoms with Crippen molar-refractivity contribution in [2.24, 2.45) is 0 Å². The van der Waals surface area contributed by atoms with Crippen LogP contribution in [0.15, 0.2) is 60.8 Å². The van der Waals surface area contributed by atoms with Crippen molar-refractivity contribution in [1.29, 1.82) is 0 Å². The average molecular weight is 560 g/mol. The van der Waals surface area contributed by atoms with Gasteiger partial charge < -0.3 is 19.1 Å². The van der Waals surface area contributed by atoms with E-state index < -0.39 is 17.6 Å². The molecule has 4 heterocycles. The second kappa shape index (κ2) is 11.1. The molecule has 1 aliphatic heterocycles. The van der Waals surface area contributed by atoms with Crippen molar-refractivity contribution in [3.8, 4) is 17.1 Å². The number of carbonyl (C=O) groups is 1. The predicted molar refractivity (Wildman–Crippen MR) is 146 cm³/mol. The van der Waals surface area contributed by atoms with Crippen LogP contribution in [0.25, 0.3) is 22.3 Å². The summed E-state index contributed by atoms with van der Waals surface area (Å²) in [6.45, 7) is 4.00. The van der Waals surface area contributed by atoms with Crippen molar-refractivity contribution in [2.75, 3.05) is 6.61 Å². The standard InChI is InChI=1S/C30H27F2N5O4/c1-2-37-20(8-10-33-37)17-41-29-5-3-4-25(35-29)22-15-23(31)19(12-24(22)32)14-28-34-26-7-6-18(30(38)39)13-27(26)36(28)16-21-9-11-40-21/h3-8,10,12-13,15,21H,2,9,11,14,16-17H2,1H3,(H,38,39)/t21-/m0/s1. The molecule has 2 aromatic carbocycles. The summed E-state index contributed by atoms with van der Waals surface area (Å²) < 4.78 is 45.9. The van der Waals surface area contributed by atoms with Crippen LogP contribution >= 0.6 is 0 Å². The summed E-state index contributed by atoms with van der Waals surface area (Å²) in [5.74, 6) is -1.52. The number of ether oxygens (including phenoxy) is 2. The van der Waals surface area contributed by atoms with E-state index in [0.29, 0.717) is 36.6 Å². The van der Waals surface area contributed by atoms with Gasteiger partial charge in [-0.05, 0) is 61.4 Å². The number of nitrogens with zero attached hydrogens (tertiary/aromatic N) is 5. The molecule has 0 spiro atoms. The summed E-state index contributed by atoms with van der Waals surface area (Å²) in [6, 6.07) is 13.7. The molecule has 1 atom stereocenters. The zero-order valence-electron chi connectivity index (χ0n) is 22.3. The molecule has 5 aromatic rings. The van der Waals surface area contributed by atoms with Gasteiger partial charge in [0.15, 0.2) is 0 Å². The summed E-state index contributed by atoms with van der Waals surface area (Å²) in [5.41, 5.74) is 2.55. The van der Waals surface area contributed by atoms with Gasteiger partial charge in [0.25, 0.3) is 0 Å². The Morgan fingerprint density at radius 3 is 2.73 bits per heavy atom. The van der Waals surface area contributed by atoms with Gasteiger partial charge in [0.05, 0.1) is 40.6 Å². The number of aromatic carboxylic acids is 1. The van der Waals surface area contributed by atoms with Crippen LogP contribution in [0.5, 0.6) is 5.88 Å². The Hall–Kier alpha value is -4.64. The molecule has 6 rings (SSSR count). The molecular weight excluding hydrogens is 532 g/mol. The van der Waals surface area contributed by atoms with E-state index >= 15 is 8.78 Å². The molecular formula is C30H27F2N5O4. The van der Waals surface area contributed by atoms with Gasteiger partial charge in [-0.3, -0.25) is 4.68 Å². The number of benzene rings is 2.